The number of allylic oxidation sites excluding steroid dienone is 1. The molecule has 1 N–H and O–H groups in total. The van der Waals surface area contributed by atoms with Crippen LogP contribution in [0.1, 0.15) is 18.9 Å². The van der Waals surface area contributed by atoms with E-state index < -0.39 is 28.6 Å². The van der Waals surface area contributed by atoms with Crippen molar-refractivity contribution in [2.75, 3.05) is 32.1 Å². The zero-order chi connectivity index (χ0) is 18.8. The van der Waals surface area contributed by atoms with Crippen LogP contribution < -0.4 is 10.4 Å². The van der Waals surface area contributed by atoms with Gasteiger partial charge in [-0.25, -0.2) is 0 Å². The highest BCUT2D eigenvalue weighted by atomic mass is 16.5. The van der Waals surface area contributed by atoms with Crippen molar-refractivity contribution in [2.45, 2.75) is 30.5 Å². The number of benzene rings is 1. The molecule has 5 heterocycles. The lowest BCUT2D eigenvalue weighted by Gasteiger charge is -2.53. The molecule has 1 saturated carbocycles. The molecule has 6 atom stereocenters. The molecule has 1 aliphatic carbocycles. The fourth-order valence-electron chi connectivity index (χ4n) is 7.42. The first-order valence-electron chi connectivity index (χ1n) is 9.65. The van der Waals surface area contributed by atoms with Gasteiger partial charge in [0.1, 0.15) is 6.54 Å². The van der Waals surface area contributed by atoms with Gasteiger partial charge in [0.2, 0.25) is 11.5 Å². The van der Waals surface area contributed by atoms with Crippen LogP contribution in [0.25, 0.3) is 0 Å². The van der Waals surface area contributed by atoms with E-state index in [1.165, 1.54) is 0 Å². The van der Waals surface area contributed by atoms with Crippen LogP contribution in [0.2, 0.25) is 0 Å². The maximum atomic E-state index is 14.0. The standard InChI is InChI=1S/C21H22N2O4/c1-3-12-10-23(2)9-8-20-13-6-4-5-7-14(13)22-21(20)17(24)16(23)15(12)19(20,11-27-21)18(25)26/h3-7,15-16,22H,8-11H2,1-2H3/b12-3-/t15-,16-,19?,20-,21+,23-/m0/s1. The molecule has 140 valence electrons. The number of likely N-dealkylation sites (N-methyl/N-ethyl adjacent to an activating group) is 1. The molecular formula is C21H22N2O4. The molecule has 6 nitrogen and oxygen atoms in total. The molecule has 0 amide bonds. The number of carboxylic acid groups (broad SMARTS) is 1. The van der Waals surface area contributed by atoms with Gasteiger partial charge < -0.3 is 24.4 Å². The summed E-state index contributed by atoms with van der Waals surface area (Å²) >= 11 is 0. The highest BCUT2D eigenvalue weighted by Gasteiger charge is 2.88. The Morgan fingerprint density at radius 2 is 2.19 bits per heavy atom. The van der Waals surface area contributed by atoms with Crippen molar-refractivity contribution in [3.63, 3.8) is 0 Å². The Labute approximate surface area is 157 Å². The summed E-state index contributed by atoms with van der Waals surface area (Å²) < 4.78 is 6.79. The summed E-state index contributed by atoms with van der Waals surface area (Å²) in [5.74, 6) is -1.45. The molecule has 1 aromatic carbocycles. The third kappa shape index (κ3) is 1.26. The molecule has 1 spiro atoms. The predicted octanol–water partition coefficient (Wildman–Crippen LogP) is 0.190. The Balaban J connectivity index is 1.79. The molecule has 7 rings (SSSR count). The lowest BCUT2D eigenvalue weighted by atomic mass is 9.46. The van der Waals surface area contributed by atoms with Crippen molar-refractivity contribution >= 4 is 17.4 Å². The average Bonchev–Trinajstić information content (AvgIpc) is 3.14. The smallest absolute Gasteiger partial charge is 0.243 e. The van der Waals surface area contributed by atoms with Crippen LogP contribution in [0.4, 0.5) is 5.69 Å². The third-order valence-corrected chi connectivity index (χ3v) is 8.39. The molecular weight excluding hydrogens is 344 g/mol. The maximum absolute atomic E-state index is 14.0. The quantitative estimate of drug-likeness (QED) is 0.567. The van der Waals surface area contributed by atoms with E-state index >= 15 is 0 Å². The summed E-state index contributed by atoms with van der Waals surface area (Å²) in [5.41, 5.74) is -0.694. The number of carboxylic acids is 1. The third-order valence-electron chi connectivity index (χ3n) is 8.39. The first-order valence-corrected chi connectivity index (χ1v) is 9.65. The van der Waals surface area contributed by atoms with E-state index in [-0.39, 0.29) is 18.3 Å². The number of nitrogens with one attached hydrogen (secondary N) is 1. The average molecular weight is 366 g/mol. The number of hydrogen-bond acceptors (Lipinski definition) is 5. The zero-order valence-corrected chi connectivity index (χ0v) is 15.5. The van der Waals surface area contributed by atoms with Crippen molar-refractivity contribution < 1.29 is 23.9 Å². The first kappa shape index (κ1) is 15.8. The Bertz CT molecular complexity index is 973. The van der Waals surface area contributed by atoms with Crippen LogP contribution in [0.3, 0.4) is 0 Å². The van der Waals surface area contributed by atoms with Crippen molar-refractivity contribution in [3.8, 4) is 0 Å². The second-order valence-electron chi connectivity index (χ2n) is 9.07. The van der Waals surface area contributed by atoms with E-state index in [1.807, 2.05) is 37.3 Å². The minimum Gasteiger partial charge on any atom is -0.549 e. The van der Waals surface area contributed by atoms with Gasteiger partial charge in [-0.1, -0.05) is 24.3 Å². The Kier molecular flexibility index (Phi) is 2.51. The lowest BCUT2D eigenvalue weighted by Crippen LogP contribution is -2.73. The molecule has 6 aliphatic rings. The van der Waals surface area contributed by atoms with Gasteiger partial charge in [0, 0.05) is 12.1 Å². The number of Topliss-reactive ketones (excluding diaryl/α,β-unsaturated/α-hetero) is 1. The van der Waals surface area contributed by atoms with Gasteiger partial charge in [-0.15, -0.1) is 0 Å². The van der Waals surface area contributed by atoms with Gasteiger partial charge in [-0.2, -0.15) is 0 Å². The number of rotatable bonds is 1. The molecule has 27 heavy (non-hydrogen) atoms. The second-order valence-corrected chi connectivity index (χ2v) is 9.07. The van der Waals surface area contributed by atoms with Crippen LogP contribution in [-0.2, 0) is 19.7 Å². The summed E-state index contributed by atoms with van der Waals surface area (Å²) in [6.45, 7) is 3.43. The second kappa shape index (κ2) is 4.28. The summed E-state index contributed by atoms with van der Waals surface area (Å²) in [6.07, 6.45) is 2.61. The van der Waals surface area contributed by atoms with Gasteiger partial charge in [-0.3, -0.25) is 4.79 Å². The van der Waals surface area contributed by atoms with E-state index in [0.29, 0.717) is 10.9 Å². The fourth-order valence-corrected chi connectivity index (χ4v) is 7.42. The molecule has 0 radical (unpaired) electrons. The summed E-state index contributed by atoms with van der Waals surface area (Å²) in [6, 6.07) is 7.30. The number of ketones is 1. The number of aliphatic carboxylic acids is 1. The van der Waals surface area contributed by atoms with Crippen LogP contribution in [0.5, 0.6) is 0 Å². The number of para-hydroxylation sites is 1. The normalized spacial score (nSPS) is 49.7. The van der Waals surface area contributed by atoms with Crippen LogP contribution in [-0.4, -0.2) is 54.7 Å². The van der Waals surface area contributed by atoms with Crippen molar-refractivity contribution in [2.24, 2.45) is 11.3 Å². The molecule has 6 heteroatoms. The molecule has 6 bridgehead atoms. The molecule has 5 aliphatic heterocycles. The number of fused-ring (bicyclic) bond motifs is 2. The maximum Gasteiger partial charge on any atom is 0.243 e. The van der Waals surface area contributed by atoms with Crippen LogP contribution in [0, 0.1) is 11.3 Å². The lowest BCUT2D eigenvalue weighted by molar-refractivity contribution is -0.911. The Morgan fingerprint density at radius 1 is 1.41 bits per heavy atom. The number of quaternary nitrogens is 1. The zero-order valence-electron chi connectivity index (χ0n) is 15.5. The van der Waals surface area contributed by atoms with Gasteiger partial charge in [0.25, 0.3) is 0 Å². The Hall–Kier alpha value is -2.18. The molecule has 5 fully saturated rings. The van der Waals surface area contributed by atoms with Crippen LogP contribution in [0.15, 0.2) is 35.9 Å². The fraction of sp³-hybridized carbons (Fsp3) is 0.524. The topological polar surface area (TPSA) is 78.5 Å². The molecule has 1 aromatic rings. The van der Waals surface area contributed by atoms with E-state index in [2.05, 4.69) is 12.4 Å². The van der Waals surface area contributed by atoms with E-state index in [4.69, 9.17) is 4.74 Å². The molecule has 0 aromatic heterocycles. The van der Waals surface area contributed by atoms with Gasteiger partial charge in [0.05, 0.1) is 42.9 Å². The summed E-state index contributed by atoms with van der Waals surface area (Å²) in [5, 5.41) is 16.3. The first-order chi connectivity index (χ1) is 12.9. The summed E-state index contributed by atoms with van der Waals surface area (Å²) in [7, 11) is 2.09. The predicted molar refractivity (Wildman–Crippen MR) is 94.4 cm³/mol. The number of hydrogen-bond donors (Lipinski definition) is 1. The summed E-state index contributed by atoms with van der Waals surface area (Å²) in [4.78, 5) is 26.9. The monoisotopic (exact) mass is 366 g/mol. The van der Waals surface area contributed by atoms with Crippen molar-refractivity contribution in [1.82, 2.24) is 0 Å². The van der Waals surface area contributed by atoms with Crippen molar-refractivity contribution in [3.05, 3.63) is 41.5 Å². The van der Waals surface area contributed by atoms with Crippen LogP contribution >= 0.6 is 0 Å². The van der Waals surface area contributed by atoms with Gasteiger partial charge in [-0.05, 0) is 24.1 Å². The van der Waals surface area contributed by atoms with Gasteiger partial charge >= 0.3 is 0 Å². The number of carbonyl (C=O) groups excluding carboxylic acids is 2. The SMILES string of the molecule is C/C=C1/C[N@+]2(C)CC[C@@]34c5ccccc5N[C@]35OCC4(C(=O)[O-])[C@@H]1[C@H]2C5=O. The molecule has 1 unspecified atom stereocenters. The number of nitrogens with zero attached hydrogens (tertiary/aromatic N) is 1. The Morgan fingerprint density at radius 3 is 2.93 bits per heavy atom. The number of carbonyl (C=O) groups is 2. The highest BCUT2D eigenvalue weighted by molar-refractivity contribution is 6.04. The van der Waals surface area contributed by atoms with E-state index in [9.17, 15) is 14.7 Å². The minimum atomic E-state index is -1.29. The van der Waals surface area contributed by atoms with Crippen molar-refractivity contribution in [1.29, 1.82) is 0 Å². The molecule has 4 saturated heterocycles. The van der Waals surface area contributed by atoms with E-state index in [0.717, 1.165) is 29.9 Å². The largest absolute Gasteiger partial charge is 0.549 e. The minimum absolute atomic E-state index is 0.00919. The number of ether oxygens (including phenoxy) is 1. The van der Waals surface area contributed by atoms with E-state index in [1.54, 1.807) is 0 Å². The highest BCUT2D eigenvalue weighted by Crippen LogP contribution is 2.74. The number of anilines is 1. The van der Waals surface area contributed by atoms with Gasteiger partial charge in [0.15, 0.2) is 6.04 Å².